The van der Waals surface area contributed by atoms with E-state index in [1.165, 1.54) is 23.9 Å². The first-order valence-corrected chi connectivity index (χ1v) is 11.3. The first-order chi connectivity index (χ1) is 12.9. The van der Waals surface area contributed by atoms with Gasteiger partial charge >= 0.3 is 6.36 Å². The number of anilines is 1. The third-order valence-electron chi connectivity index (χ3n) is 4.22. The Bertz CT molecular complexity index is 883. The van der Waals surface area contributed by atoms with Gasteiger partial charge in [-0.3, -0.25) is 4.79 Å². The highest BCUT2D eigenvalue weighted by Crippen LogP contribution is 2.41. The standard InChI is InChI=1S/C17H19F3N2O4S2/c1-10(2)7-15(23)21-16-22(13-8-28(24,25)9-14(13)27-16)11-3-5-12(6-4-11)26-17(18,19)20/h3-6,10,13-14H,7-9H2,1-2H3/t13-,14-/m0/s1. The van der Waals surface area contributed by atoms with Gasteiger partial charge in [-0.15, -0.1) is 13.2 Å². The summed E-state index contributed by atoms with van der Waals surface area (Å²) in [6.45, 7) is 3.77. The van der Waals surface area contributed by atoms with Crippen LogP contribution in [-0.2, 0) is 14.6 Å². The molecule has 0 saturated carbocycles. The number of halogens is 3. The van der Waals surface area contributed by atoms with E-state index in [4.69, 9.17) is 0 Å². The number of amidine groups is 1. The lowest BCUT2D eigenvalue weighted by Crippen LogP contribution is -2.37. The molecular formula is C17H19F3N2O4S2. The average molecular weight is 436 g/mol. The van der Waals surface area contributed by atoms with E-state index >= 15 is 0 Å². The predicted molar refractivity (Wildman–Crippen MR) is 101 cm³/mol. The highest BCUT2D eigenvalue weighted by molar-refractivity contribution is 8.16. The van der Waals surface area contributed by atoms with Gasteiger partial charge in [-0.25, -0.2) is 8.42 Å². The van der Waals surface area contributed by atoms with Gasteiger partial charge in [0.1, 0.15) is 5.75 Å². The molecule has 0 aromatic heterocycles. The Morgan fingerprint density at radius 3 is 2.50 bits per heavy atom. The normalized spacial score (nSPS) is 25.4. The number of hydrogen-bond acceptors (Lipinski definition) is 5. The van der Waals surface area contributed by atoms with Gasteiger partial charge in [0, 0.05) is 17.4 Å². The molecule has 2 atom stereocenters. The Kier molecular flexibility index (Phi) is 5.68. The Labute approximate surface area is 165 Å². The predicted octanol–water partition coefficient (Wildman–Crippen LogP) is 3.23. The number of benzene rings is 1. The van der Waals surface area contributed by atoms with Crippen LogP contribution in [0, 0.1) is 5.92 Å². The van der Waals surface area contributed by atoms with E-state index in [0.29, 0.717) is 10.9 Å². The Hall–Kier alpha value is -1.75. The van der Waals surface area contributed by atoms with Crippen LogP contribution in [0.4, 0.5) is 18.9 Å². The van der Waals surface area contributed by atoms with E-state index in [0.717, 1.165) is 12.1 Å². The first kappa shape index (κ1) is 21.0. The van der Waals surface area contributed by atoms with Crippen LogP contribution in [0.5, 0.6) is 5.75 Å². The van der Waals surface area contributed by atoms with Gasteiger partial charge in [-0.1, -0.05) is 25.6 Å². The highest BCUT2D eigenvalue weighted by atomic mass is 32.2. The molecule has 11 heteroatoms. The van der Waals surface area contributed by atoms with E-state index in [9.17, 15) is 26.4 Å². The minimum Gasteiger partial charge on any atom is -0.406 e. The number of rotatable bonds is 4. The summed E-state index contributed by atoms with van der Waals surface area (Å²) in [6.07, 6.45) is -4.55. The van der Waals surface area contributed by atoms with Crippen LogP contribution in [-0.4, -0.2) is 48.7 Å². The minimum absolute atomic E-state index is 0.0223. The molecule has 2 heterocycles. The van der Waals surface area contributed by atoms with Crippen molar-refractivity contribution in [2.45, 2.75) is 37.9 Å². The lowest BCUT2D eigenvalue weighted by molar-refractivity contribution is -0.274. The van der Waals surface area contributed by atoms with Crippen molar-refractivity contribution >= 4 is 38.4 Å². The van der Waals surface area contributed by atoms with Gasteiger partial charge < -0.3 is 9.64 Å². The van der Waals surface area contributed by atoms with Crippen molar-refractivity contribution in [3.63, 3.8) is 0 Å². The maximum Gasteiger partial charge on any atom is 0.573 e. The molecule has 2 fully saturated rings. The molecule has 0 spiro atoms. The van der Waals surface area contributed by atoms with Crippen LogP contribution in [0.1, 0.15) is 20.3 Å². The van der Waals surface area contributed by atoms with Gasteiger partial charge in [0.05, 0.1) is 17.5 Å². The van der Waals surface area contributed by atoms with E-state index in [-0.39, 0.29) is 40.8 Å². The summed E-state index contributed by atoms with van der Waals surface area (Å²) in [5.41, 5.74) is 0.461. The third-order valence-corrected chi connectivity index (χ3v) is 7.43. The minimum atomic E-state index is -4.80. The van der Waals surface area contributed by atoms with Crippen LogP contribution >= 0.6 is 11.8 Å². The summed E-state index contributed by atoms with van der Waals surface area (Å²) in [4.78, 5) is 17.9. The number of carbonyl (C=O) groups is 1. The van der Waals surface area contributed by atoms with Crippen LogP contribution in [0.25, 0.3) is 0 Å². The number of sulfone groups is 1. The Balaban J connectivity index is 1.90. The van der Waals surface area contributed by atoms with Crippen LogP contribution in [0.15, 0.2) is 29.3 Å². The van der Waals surface area contributed by atoms with Gasteiger partial charge in [0.2, 0.25) is 5.91 Å². The van der Waals surface area contributed by atoms with Crippen molar-refractivity contribution in [1.82, 2.24) is 0 Å². The summed E-state index contributed by atoms with van der Waals surface area (Å²) in [5, 5.41) is 0.0988. The van der Waals surface area contributed by atoms with Gasteiger partial charge in [-0.05, 0) is 30.2 Å². The van der Waals surface area contributed by atoms with E-state index in [2.05, 4.69) is 9.73 Å². The molecule has 2 saturated heterocycles. The van der Waals surface area contributed by atoms with Crippen molar-refractivity contribution in [3.8, 4) is 5.75 Å². The number of hydrogen-bond donors (Lipinski definition) is 0. The number of carbonyl (C=O) groups excluding carboxylic acids is 1. The lowest BCUT2D eigenvalue weighted by Gasteiger charge is -2.24. The molecule has 1 amide bonds. The zero-order valence-corrected chi connectivity index (χ0v) is 16.8. The highest BCUT2D eigenvalue weighted by Gasteiger charge is 2.49. The summed E-state index contributed by atoms with van der Waals surface area (Å²) in [7, 11) is -3.23. The fourth-order valence-corrected chi connectivity index (χ4v) is 7.11. The van der Waals surface area contributed by atoms with E-state index in [1.54, 1.807) is 4.90 Å². The maximum absolute atomic E-state index is 12.4. The second-order valence-electron chi connectivity index (χ2n) is 7.10. The van der Waals surface area contributed by atoms with Crippen LogP contribution < -0.4 is 9.64 Å². The SMILES string of the molecule is CC(C)CC(=O)N=C1S[C@H]2CS(=O)(=O)C[C@@H]2N1c1ccc(OC(F)(F)F)cc1. The van der Waals surface area contributed by atoms with Gasteiger partial charge in [0.25, 0.3) is 0 Å². The molecule has 2 aliphatic heterocycles. The zero-order valence-electron chi connectivity index (χ0n) is 15.1. The average Bonchev–Trinajstić information content (AvgIpc) is 2.96. The zero-order chi connectivity index (χ0) is 20.7. The second-order valence-corrected chi connectivity index (χ2v) is 10.5. The van der Waals surface area contributed by atoms with E-state index < -0.39 is 22.2 Å². The number of alkyl halides is 3. The summed E-state index contributed by atoms with van der Waals surface area (Å²) < 4.78 is 65.0. The van der Waals surface area contributed by atoms with E-state index in [1.807, 2.05) is 13.8 Å². The lowest BCUT2D eigenvalue weighted by atomic mass is 10.1. The summed E-state index contributed by atoms with van der Waals surface area (Å²) >= 11 is 1.22. The van der Waals surface area contributed by atoms with Gasteiger partial charge in [0.15, 0.2) is 15.0 Å². The molecule has 6 nitrogen and oxygen atoms in total. The van der Waals surface area contributed by atoms with Crippen molar-refractivity contribution < 1.29 is 31.1 Å². The Morgan fingerprint density at radius 1 is 1.29 bits per heavy atom. The number of fused-ring (bicyclic) bond motifs is 1. The fourth-order valence-electron chi connectivity index (χ4n) is 3.18. The molecule has 0 unspecified atom stereocenters. The monoisotopic (exact) mass is 436 g/mol. The summed E-state index contributed by atoms with van der Waals surface area (Å²) in [6, 6.07) is 4.68. The number of nitrogens with zero attached hydrogens (tertiary/aromatic N) is 2. The largest absolute Gasteiger partial charge is 0.573 e. The van der Waals surface area contributed by atoms with Crippen LogP contribution in [0.2, 0.25) is 0 Å². The topological polar surface area (TPSA) is 76.0 Å². The molecule has 0 radical (unpaired) electrons. The number of aliphatic imine (C=N–C) groups is 1. The Morgan fingerprint density at radius 2 is 1.93 bits per heavy atom. The van der Waals surface area contributed by atoms with Crippen LogP contribution in [0.3, 0.4) is 0 Å². The fraction of sp³-hybridized carbons (Fsp3) is 0.529. The molecule has 1 aromatic carbocycles. The first-order valence-electron chi connectivity index (χ1n) is 8.57. The molecule has 0 N–H and O–H groups in total. The molecule has 154 valence electrons. The quantitative estimate of drug-likeness (QED) is 0.721. The smallest absolute Gasteiger partial charge is 0.406 e. The number of ether oxygens (including phenoxy) is 1. The van der Waals surface area contributed by atoms with Crippen molar-refractivity contribution in [1.29, 1.82) is 0 Å². The summed E-state index contributed by atoms with van der Waals surface area (Å²) in [5.74, 6) is -0.695. The maximum atomic E-state index is 12.4. The van der Waals surface area contributed by atoms with Crippen molar-refractivity contribution in [2.75, 3.05) is 16.4 Å². The number of thioether (sulfide) groups is 1. The molecule has 2 aliphatic rings. The molecule has 3 rings (SSSR count). The molecule has 0 bridgehead atoms. The molecule has 1 aromatic rings. The second kappa shape index (κ2) is 7.58. The molecule has 28 heavy (non-hydrogen) atoms. The van der Waals surface area contributed by atoms with Crippen molar-refractivity contribution in [3.05, 3.63) is 24.3 Å². The van der Waals surface area contributed by atoms with Crippen molar-refractivity contribution in [2.24, 2.45) is 10.9 Å². The third kappa shape index (κ3) is 4.99. The molecule has 0 aliphatic carbocycles. The number of amides is 1. The molecular weight excluding hydrogens is 417 g/mol. The van der Waals surface area contributed by atoms with Gasteiger partial charge in [-0.2, -0.15) is 4.99 Å².